The van der Waals surface area contributed by atoms with Gasteiger partial charge >= 0.3 is 0 Å². The van der Waals surface area contributed by atoms with Crippen LogP contribution in [0.4, 0.5) is 5.82 Å². The zero-order valence-electron chi connectivity index (χ0n) is 17.3. The molecule has 0 radical (unpaired) electrons. The van der Waals surface area contributed by atoms with Crippen molar-refractivity contribution in [3.8, 4) is 5.75 Å². The number of aromatic nitrogens is 4. The van der Waals surface area contributed by atoms with Crippen LogP contribution in [0.5, 0.6) is 5.75 Å². The molecule has 0 aliphatic rings. The second-order valence-electron chi connectivity index (χ2n) is 6.28. The van der Waals surface area contributed by atoms with Crippen LogP contribution in [0.2, 0.25) is 0 Å². The molecule has 1 amide bonds. The summed E-state index contributed by atoms with van der Waals surface area (Å²) in [5.41, 5.74) is 1.27. The van der Waals surface area contributed by atoms with Crippen LogP contribution >= 0.6 is 11.8 Å². The van der Waals surface area contributed by atoms with Crippen LogP contribution in [0.15, 0.2) is 35.6 Å². The lowest BCUT2D eigenvalue weighted by molar-refractivity contribution is 0.0951. The molecule has 0 spiro atoms. The summed E-state index contributed by atoms with van der Waals surface area (Å²) in [5.74, 6) is 1.21. The Morgan fingerprint density at radius 3 is 2.90 bits per heavy atom. The number of ether oxygens (including phenoxy) is 2. The van der Waals surface area contributed by atoms with E-state index in [0.717, 1.165) is 16.9 Å². The van der Waals surface area contributed by atoms with E-state index in [1.54, 1.807) is 42.3 Å². The number of thioether (sulfide) groups is 1. The SMILES string of the molecule is CCOCCNc1nc(SC)nc2c1cnn2CCNC(=O)c1cccc(OC)c1. The van der Waals surface area contributed by atoms with Gasteiger partial charge in [-0.3, -0.25) is 4.79 Å². The largest absolute Gasteiger partial charge is 0.497 e. The Balaban J connectivity index is 1.67. The summed E-state index contributed by atoms with van der Waals surface area (Å²) in [5, 5.41) is 12.1. The number of carbonyl (C=O) groups excluding carboxylic acids is 1. The van der Waals surface area contributed by atoms with Gasteiger partial charge in [-0.05, 0) is 31.4 Å². The molecule has 0 atom stereocenters. The number of amides is 1. The molecule has 9 nitrogen and oxygen atoms in total. The molecular formula is C20H26N6O3S. The van der Waals surface area contributed by atoms with Gasteiger partial charge in [-0.1, -0.05) is 17.8 Å². The van der Waals surface area contributed by atoms with Gasteiger partial charge in [0.1, 0.15) is 11.6 Å². The summed E-state index contributed by atoms with van der Waals surface area (Å²) >= 11 is 1.47. The van der Waals surface area contributed by atoms with Crippen molar-refractivity contribution >= 4 is 34.5 Å². The van der Waals surface area contributed by atoms with Crippen LogP contribution in [-0.2, 0) is 11.3 Å². The van der Waals surface area contributed by atoms with Gasteiger partial charge in [0.25, 0.3) is 5.91 Å². The van der Waals surface area contributed by atoms with Crippen LogP contribution < -0.4 is 15.4 Å². The Morgan fingerprint density at radius 2 is 2.13 bits per heavy atom. The first-order valence-corrected chi connectivity index (χ1v) is 10.9. The third-order valence-electron chi connectivity index (χ3n) is 4.34. The van der Waals surface area contributed by atoms with E-state index in [1.165, 1.54) is 11.8 Å². The quantitative estimate of drug-likeness (QED) is 0.272. The first-order chi connectivity index (χ1) is 14.7. The van der Waals surface area contributed by atoms with Gasteiger partial charge in [-0.2, -0.15) is 5.10 Å². The van der Waals surface area contributed by atoms with Crippen LogP contribution in [0, 0.1) is 0 Å². The number of benzene rings is 1. The van der Waals surface area contributed by atoms with E-state index >= 15 is 0 Å². The molecular weight excluding hydrogens is 404 g/mol. The fourth-order valence-corrected chi connectivity index (χ4v) is 3.21. The molecule has 3 aromatic rings. The molecule has 2 heterocycles. The van der Waals surface area contributed by atoms with Gasteiger partial charge in [0.15, 0.2) is 10.8 Å². The number of hydrogen-bond donors (Lipinski definition) is 2. The van der Waals surface area contributed by atoms with Crippen molar-refractivity contribution in [2.45, 2.75) is 18.6 Å². The minimum Gasteiger partial charge on any atom is -0.497 e. The lowest BCUT2D eigenvalue weighted by Gasteiger charge is -2.10. The Morgan fingerprint density at radius 1 is 1.27 bits per heavy atom. The molecule has 0 fully saturated rings. The molecule has 2 N–H and O–H groups in total. The van der Waals surface area contributed by atoms with Crippen LogP contribution in [0.3, 0.4) is 0 Å². The van der Waals surface area contributed by atoms with E-state index in [2.05, 4.69) is 25.7 Å². The highest BCUT2D eigenvalue weighted by molar-refractivity contribution is 7.98. The van der Waals surface area contributed by atoms with Crippen molar-refractivity contribution in [1.82, 2.24) is 25.1 Å². The van der Waals surface area contributed by atoms with Gasteiger partial charge in [-0.15, -0.1) is 0 Å². The van der Waals surface area contributed by atoms with E-state index in [1.807, 2.05) is 13.2 Å². The number of methoxy groups -OCH3 is 1. The third kappa shape index (κ3) is 5.39. The van der Waals surface area contributed by atoms with Crippen molar-refractivity contribution in [3.63, 3.8) is 0 Å². The molecule has 0 aliphatic carbocycles. The van der Waals surface area contributed by atoms with Crippen LogP contribution in [-0.4, -0.2) is 65.3 Å². The molecule has 0 aliphatic heterocycles. The van der Waals surface area contributed by atoms with Crippen molar-refractivity contribution in [3.05, 3.63) is 36.0 Å². The van der Waals surface area contributed by atoms with Gasteiger partial charge < -0.3 is 20.1 Å². The zero-order valence-corrected chi connectivity index (χ0v) is 18.2. The number of carbonyl (C=O) groups is 1. The first kappa shape index (κ1) is 21.8. The highest BCUT2D eigenvalue weighted by atomic mass is 32.2. The summed E-state index contributed by atoms with van der Waals surface area (Å²) in [4.78, 5) is 21.5. The average Bonchev–Trinajstić information content (AvgIpc) is 3.19. The van der Waals surface area contributed by atoms with Gasteiger partial charge in [0.2, 0.25) is 0 Å². The molecule has 2 aromatic heterocycles. The predicted octanol–water partition coefficient (Wildman–Crippen LogP) is 2.44. The van der Waals surface area contributed by atoms with Crippen LogP contribution in [0.25, 0.3) is 11.0 Å². The molecule has 1 aromatic carbocycles. The Kier molecular flexibility index (Phi) is 7.86. The molecule has 0 bridgehead atoms. The first-order valence-electron chi connectivity index (χ1n) is 9.67. The van der Waals surface area contributed by atoms with E-state index in [4.69, 9.17) is 9.47 Å². The van der Waals surface area contributed by atoms with Crippen molar-refractivity contribution in [2.75, 3.05) is 45.0 Å². The standard InChI is InChI=1S/C20H26N6O3S/c1-4-29-11-9-21-17-16-13-23-26(18(16)25-20(24-17)30-3)10-8-22-19(27)14-6-5-7-15(12-14)28-2/h5-7,12-13H,4,8-11H2,1-3H3,(H,22,27)(H,21,24,25). The smallest absolute Gasteiger partial charge is 0.251 e. The Hall–Kier alpha value is -2.85. The van der Waals surface area contributed by atoms with E-state index in [-0.39, 0.29) is 5.91 Å². The minimum atomic E-state index is -0.164. The van der Waals surface area contributed by atoms with Crippen LogP contribution in [0.1, 0.15) is 17.3 Å². The fraction of sp³-hybridized carbons (Fsp3) is 0.400. The fourth-order valence-electron chi connectivity index (χ4n) is 2.85. The second-order valence-corrected chi connectivity index (χ2v) is 7.05. The average molecular weight is 431 g/mol. The zero-order chi connectivity index (χ0) is 21.3. The molecule has 3 rings (SSSR count). The van der Waals surface area contributed by atoms with Gasteiger partial charge in [0, 0.05) is 25.3 Å². The predicted molar refractivity (Wildman–Crippen MR) is 117 cm³/mol. The monoisotopic (exact) mass is 430 g/mol. The highest BCUT2D eigenvalue weighted by Gasteiger charge is 2.13. The normalized spacial score (nSPS) is 10.9. The van der Waals surface area contributed by atoms with Crippen molar-refractivity contribution < 1.29 is 14.3 Å². The molecule has 0 unspecified atom stereocenters. The number of fused-ring (bicyclic) bond motifs is 1. The minimum absolute atomic E-state index is 0.164. The van der Waals surface area contributed by atoms with E-state index in [0.29, 0.717) is 49.3 Å². The van der Waals surface area contributed by atoms with E-state index in [9.17, 15) is 4.79 Å². The number of nitrogens with one attached hydrogen (secondary N) is 2. The van der Waals surface area contributed by atoms with Gasteiger partial charge in [-0.25, -0.2) is 14.6 Å². The number of rotatable bonds is 11. The highest BCUT2D eigenvalue weighted by Crippen LogP contribution is 2.23. The number of hydrogen-bond acceptors (Lipinski definition) is 8. The molecule has 160 valence electrons. The number of nitrogens with zero attached hydrogens (tertiary/aromatic N) is 4. The molecule has 30 heavy (non-hydrogen) atoms. The summed E-state index contributed by atoms with van der Waals surface area (Å²) in [7, 11) is 1.57. The maximum atomic E-state index is 12.4. The maximum absolute atomic E-state index is 12.4. The van der Waals surface area contributed by atoms with Crippen molar-refractivity contribution in [1.29, 1.82) is 0 Å². The maximum Gasteiger partial charge on any atom is 0.251 e. The van der Waals surface area contributed by atoms with E-state index < -0.39 is 0 Å². The molecule has 10 heteroatoms. The number of anilines is 1. The van der Waals surface area contributed by atoms with Gasteiger partial charge in [0.05, 0.1) is 31.8 Å². The van der Waals surface area contributed by atoms with Crippen molar-refractivity contribution in [2.24, 2.45) is 0 Å². The summed E-state index contributed by atoms with van der Waals surface area (Å²) in [6, 6.07) is 7.04. The summed E-state index contributed by atoms with van der Waals surface area (Å²) in [6.07, 6.45) is 3.67. The lowest BCUT2D eigenvalue weighted by atomic mass is 10.2. The Bertz CT molecular complexity index is 994. The lowest BCUT2D eigenvalue weighted by Crippen LogP contribution is -2.27. The molecule has 0 saturated heterocycles. The molecule has 0 saturated carbocycles. The Labute approximate surface area is 179 Å². The summed E-state index contributed by atoms with van der Waals surface area (Å²) in [6.45, 7) is 4.79. The third-order valence-corrected chi connectivity index (χ3v) is 4.89. The second kappa shape index (κ2) is 10.8. The topological polar surface area (TPSA) is 103 Å². The summed E-state index contributed by atoms with van der Waals surface area (Å²) < 4.78 is 12.3.